The van der Waals surface area contributed by atoms with Crippen molar-refractivity contribution in [2.75, 3.05) is 19.0 Å². The molecule has 3 heteroatoms. The number of aliphatic hydroxyl groups excluding tert-OH is 1. The van der Waals surface area contributed by atoms with E-state index in [1.807, 2.05) is 37.2 Å². The SMILES string of the molecule is CC(=CO)C(=O)c1ccccc1N(C)C. The van der Waals surface area contributed by atoms with Crippen molar-refractivity contribution in [2.45, 2.75) is 6.92 Å². The van der Waals surface area contributed by atoms with Crippen LogP contribution in [0.25, 0.3) is 0 Å². The first-order chi connectivity index (χ1) is 7.07. The van der Waals surface area contributed by atoms with Crippen LogP contribution < -0.4 is 4.90 Å². The van der Waals surface area contributed by atoms with E-state index in [1.165, 1.54) is 0 Å². The van der Waals surface area contributed by atoms with E-state index >= 15 is 0 Å². The molecule has 1 aromatic carbocycles. The fraction of sp³-hybridized carbons (Fsp3) is 0.250. The van der Waals surface area contributed by atoms with E-state index in [9.17, 15) is 4.79 Å². The number of allylic oxidation sites excluding steroid dienone is 1. The van der Waals surface area contributed by atoms with Gasteiger partial charge in [-0.25, -0.2) is 0 Å². The summed E-state index contributed by atoms with van der Waals surface area (Å²) in [4.78, 5) is 13.7. The molecule has 0 radical (unpaired) electrons. The lowest BCUT2D eigenvalue weighted by molar-refractivity contribution is 0.103. The molecule has 1 rings (SSSR count). The highest BCUT2D eigenvalue weighted by Gasteiger charge is 2.13. The van der Waals surface area contributed by atoms with Gasteiger partial charge in [0, 0.05) is 30.9 Å². The first-order valence-corrected chi connectivity index (χ1v) is 4.70. The highest BCUT2D eigenvalue weighted by Crippen LogP contribution is 2.20. The lowest BCUT2D eigenvalue weighted by atomic mass is 10.0. The summed E-state index contributed by atoms with van der Waals surface area (Å²) in [6, 6.07) is 7.32. The van der Waals surface area contributed by atoms with Gasteiger partial charge in [0.2, 0.25) is 0 Å². The predicted molar refractivity (Wildman–Crippen MR) is 61.5 cm³/mol. The number of carbonyl (C=O) groups is 1. The molecular weight excluding hydrogens is 190 g/mol. The van der Waals surface area contributed by atoms with E-state index in [4.69, 9.17) is 5.11 Å². The van der Waals surface area contributed by atoms with Crippen LogP contribution in [0.5, 0.6) is 0 Å². The van der Waals surface area contributed by atoms with Gasteiger partial charge in [-0.2, -0.15) is 0 Å². The van der Waals surface area contributed by atoms with Gasteiger partial charge in [0.05, 0.1) is 6.26 Å². The molecule has 15 heavy (non-hydrogen) atoms. The monoisotopic (exact) mass is 205 g/mol. The smallest absolute Gasteiger partial charge is 0.193 e. The van der Waals surface area contributed by atoms with Gasteiger partial charge in [-0.05, 0) is 19.1 Å². The zero-order valence-electron chi connectivity index (χ0n) is 9.19. The molecule has 0 amide bonds. The van der Waals surface area contributed by atoms with E-state index in [-0.39, 0.29) is 5.78 Å². The van der Waals surface area contributed by atoms with Crippen molar-refractivity contribution in [3.63, 3.8) is 0 Å². The fourth-order valence-electron chi connectivity index (χ4n) is 1.33. The Labute approximate surface area is 89.6 Å². The number of hydrogen-bond donors (Lipinski definition) is 1. The summed E-state index contributed by atoms with van der Waals surface area (Å²) in [6.07, 6.45) is 0.842. The normalized spacial score (nSPS) is 11.3. The molecule has 80 valence electrons. The standard InChI is InChI=1S/C12H15NO2/c1-9(8-14)12(15)10-6-4-5-7-11(10)13(2)3/h4-8,14H,1-3H3. The van der Waals surface area contributed by atoms with Crippen molar-refractivity contribution in [1.82, 2.24) is 0 Å². The van der Waals surface area contributed by atoms with Gasteiger partial charge in [0.15, 0.2) is 5.78 Å². The maximum Gasteiger partial charge on any atom is 0.193 e. The van der Waals surface area contributed by atoms with Crippen molar-refractivity contribution < 1.29 is 9.90 Å². The number of carbonyl (C=O) groups excluding carboxylic acids is 1. The minimum Gasteiger partial charge on any atom is -0.515 e. The van der Waals surface area contributed by atoms with Crippen molar-refractivity contribution >= 4 is 11.5 Å². The Bertz CT molecular complexity index is 394. The van der Waals surface area contributed by atoms with Gasteiger partial charge < -0.3 is 10.0 Å². The molecular formula is C12H15NO2. The Morgan fingerprint density at radius 1 is 1.33 bits per heavy atom. The van der Waals surface area contributed by atoms with Crippen LogP contribution in [0.3, 0.4) is 0 Å². The molecule has 0 bridgehead atoms. The average Bonchev–Trinajstić information content (AvgIpc) is 2.27. The third-order valence-corrected chi connectivity index (χ3v) is 2.18. The maximum absolute atomic E-state index is 11.8. The number of rotatable bonds is 3. The first kappa shape index (κ1) is 11.3. The summed E-state index contributed by atoms with van der Waals surface area (Å²) < 4.78 is 0. The zero-order chi connectivity index (χ0) is 11.4. The minimum absolute atomic E-state index is 0.151. The second-order valence-corrected chi connectivity index (χ2v) is 3.55. The van der Waals surface area contributed by atoms with Crippen LogP contribution in [0.4, 0.5) is 5.69 Å². The van der Waals surface area contributed by atoms with E-state index in [0.29, 0.717) is 11.1 Å². The van der Waals surface area contributed by atoms with Crippen LogP contribution >= 0.6 is 0 Å². The van der Waals surface area contributed by atoms with Crippen LogP contribution in [-0.4, -0.2) is 25.0 Å². The molecule has 0 unspecified atom stereocenters. The lowest BCUT2D eigenvalue weighted by Gasteiger charge is -2.16. The summed E-state index contributed by atoms with van der Waals surface area (Å²) >= 11 is 0. The van der Waals surface area contributed by atoms with Gasteiger partial charge in [-0.3, -0.25) is 4.79 Å². The molecule has 0 saturated carbocycles. The van der Waals surface area contributed by atoms with E-state index in [2.05, 4.69) is 0 Å². The quantitative estimate of drug-likeness (QED) is 0.468. The van der Waals surface area contributed by atoms with E-state index < -0.39 is 0 Å². The second kappa shape index (κ2) is 4.64. The molecule has 0 aliphatic heterocycles. The van der Waals surface area contributed by atoms with Crippen molar-refractivity contribution in [3.8, 4) is 0 Å². The Balaban J connectivity index is 3.20. The largest absolute Gasteiger partial charge is 0.515 e. The Hall–Kier alpha value is -1.77. The van der Waals surface area contributed by atoms with Crippen molar-refractivity contribution in [2.24, 2.45) is 0 Å². The third-order valence-electron chi connectivity index (χ3n) is 2.18. The highest BCUT2D eigenvalue weighted by molar-refractivity contribution is 6.11. The molecule has 1 aromatic rings. The average molecular weight is 205 g/mol. The number of aliphatic hydroxyl groups is 1. The third kappa shape index (κ3) is 2.37. The van der Waals surface area contributed by atoms with Gasteiger partial charge in [0.25, 0.3) is 0 Å². The van der Waals surface area contributed by atoms with E-state index in [0.717, 1.165) is 11.9 Å². The number of hydrogen-bond acceptors (Lipinski definition) is 3. The number of para-hydroxylation sites is 1. The number of nitrogens with zero attached hydrogens (tertiary/aromatic N) is 1. The van der Waals surface area contributed by atoms with Crippen molar-refractivity contribution in [3.05, 3.63) is 41.7 Å². The molecule has 0 heterocycles. The molecule has 0 atom stereocenters. The van der Waals surface area contributed by atoms with Crippen LogP contribution in [0.15, 0.2) is 36.1 Å². The van der Waals surface area contributed by atoms with Gasteiger partial charge >= 0.3 is 0 Å². The summed E-state index contributed by atoms with van der Waals surface area (Å²) in [5, 5.41) is 8.80. The Kier molecular flexibility index (Phi) is 3.50. The summed E-state index contributed by atoms with van der Waals surface area (Å²) in [6.45, 7) is 1.59. The maximum atomic E-state index is 11.8. The molecule has 0 saturated heterocycles. The van der Waals surface area contributed by atoms with Gasteiger partial charge in [0.1, 0.15) is 0 Å². The Morgan fingerprint density at radius 3 is 2.47 bits per heavy atom. The number of benzene rings is 1. The molecule has 0 fully saturated rings. The summed E-state index contributed by atoms with van der Waals surface area (Å²) in [5.74, 6) is -0.151. The Morgan fingerprint density at radius 2 is 1.93 bits per heavy atom. The first-order valence-electron chi connectivity index (χ1n) is 4.70. The zero-order valence-corrected chi connectivity index (χ0v) is 9.19. The van der Waals surface area contributed by atoms with Gasteiger partial charge in [-0.1, -0.05) is 12.1 Å². The molecule has 0 aliphatic carbocycles. The number of anilines is 1. The summed E-state index contributed by atoms with van der Waals surface area (Å²) in [7, 11) is 3.76. The summed E-state index contributed by atoms with van der Waals surface area (Å²) in [5.41, 5.74) is 1.79. The second-order valence-electron chi connectivity index (χ2n) is 3.55. The minimum atomic E-state index is -0.151. The van der Waals surface area contributed by atoms with Crippen LogP contribution in [-0.2, 0) is 0 Å². The number of ketones is 1. The van der Waals surface area contributed by atoms with Crippen LogP contribution in [0.2, 0.25) is 0 Å². The van der Waals surface area contributed by atoms with E-state index in [1.54, 1.807) is 13.0 Å². The predicted octanol–water partition coefficient (Wildman–Crippen LogP) is 2.40. The highest BCUT2D eigenvalue weighted by atomic mass is 16.2. The van der Waals surface area contributed by atoms with Crippen LogP contribution in [0, 0.1) is 0 Å². The molecule has 3 nitrogen and oxygen atoms in total. The topological polar surface area (TPSA) is 40.5 Å². The molecule has 0 aromatic heterocycles. The number of Topliss-reactive ketones (excluding diaryl/α,β-unsaturated/α-hetero) is 1. The molecule has 1 N–H and O–H groups in total. The molecule has 0 aliphatic rings. The fourth-order valence-corrected chi connectivity index (χ4v) is 1.33. The van der Waals surface area contributed by atoms with Gasteiger partial charge in [-0.15, -0.1) is 0 Å². The lowest BCUT2D eigenvalue weighted by Crippen LogP contribution is -2.14. The molecule has 0 spiro atoms. The van der Waals surface area contributed by atoms with Crippen LogP contribution in [0.1, 0.15) is 17.3 Å². The van der Waals surface area contributed by atoms with Crippen molar-refractivity contribution in [1.29, 1.82) is 0 Å².